The first-order valence-electron chi connectivity index (χ1n) is 3.42. The Kier molecular flexibility index (Phi) is 4.30. The van der Waals surface area contributed by atoms with Gasteiger partial charge in [-0.1, -0.05) is 0 Å². The van der Waals surface area contributed by atoms with Crippen molar-refractivity contribution in [2.45, 2.75) is 13.1 Å². The normalized spacial score (nSPS) is 10.8. The quantitative estimate of drug-likeness (QED) is 0.391. The van der Waals surface area contributed by atoms with Crippen LogP contribution >= 0.6 is 0 Å². The van der Waals surface area contributed by atoms with Crippen LogP contribution < -0.4 is 0 Å². The van der Waals surface area contributed by atoms with Crippen molar-refractivity contribution in [2.75, 3.05) is 13.2 Å². The van der Waals surface area contributed by atoms with Gasteiger partial charge in [-0.2, -0.15) is 13.2 Å². The fourth-order valence-electron chi connectivity index (χ4n) is 0.461. The first-order chi connectivity index (χ1) is 5.87. The van der Waals surface area contributed by atoms with Gasteiger partial charge >= 0.3 is 12.1 Å². The van der Waals surface area contributed by atoms with Gasteiger partial charge in [0.1, 0.15) is 0 Å². The number of carbonyl (C=O) groups is 1. The highest BCUT2D eigenvalue weighted by molar-refractivity contribution is 5.85. The molecule has 0 aromatic carbocycles. The number of hydrogen-bond donors (Lipinski definition) is 0. The van der Waals surface area contributed by atoms with Crippen LogP contribution in [-0.2, 0) is 14.3 Å². The second kappa shape index (κ2) is 4.74. The summed E-state index contributed by atoms with van der Waals surface area (Å²) in [5.74, 6) is -1.62. The first-order valence-corrected chi connectivity index (χ1v) is 3.42. The van der Waals surface area contributed by atoms with Crippen LogP contribution in [0.15, 0.2) is 12.3 Å². The smallest absolute Gasteiger partial charge is 0.422 e. The molecular formula is C7H9F3O3. The van der Waals surface area contributed by atoms with E-state index in [0.29, 0.717) is 0 Å². The van der Waals surface area contributed by atoms with Crippen molar-refractivity contribution in [2.24, 2.45) is 0 Å². The van der Waals surface area contributed by atoms with E-state index in [2.05, 4.69) is 16.1 Å². The fourth-order valence-corrected chi connectivity index (χ4v) is 0.461. The average molecular weight is 198 g/mol. The number of carbonyl (C=O) groups excluding carboxylic acids is 1. The molecule has 0 bridgehead atoms. The van der Waals surface area contributed by atoms with Crippen LogP contribution in [0.5, 0.6) is 0 Å². The van der Waals surface area contributed by atoms with Crippen LogP contribution in [0.3, 0.4) is 0 Å². The molecule has 0 atom stereocenters. The molecule has 0 rings (SSSR count). The molecule has 0 aliphatic rings. The molecule has 0 radical (unpaired) electrons. The summed E-state index contributed by atoms with van der Waals surface area (Å²) in [7, 11) is 0. The minimum absolute atomic E-state index is 0.153. The third kappa shape index (κ3) is 6.01. The summed E-state index contributed by atoms with van der Waals surface area (Å²) in [4.78, 5) is 10.6. The SMILES string of the molecule is C=C(OCC)C(=O)OCC(F)(F)F. The van der Waals surface area contributed by atoms with E-state index in [-0.39, 0.29) is 6.61 Å². The minimum Gasteiger partial charge on any atom is -0.487 e. The zero-order valence-corrected chi connectivity index (χ0v) is 6.98. The monoisotopic (exact) mass is 198 g/mol. The van der Waals surface area contributed by atoms with Crippen LogP contribution in [0.2, 0.25) is 0 Å². The van der Waals surface area contributed by atoms with Gasteiger partial charge in [-0.15, -0.1) is 0 Å². The number of esters is 1. The summed E-state index contributed by atoms with van der Waals surface area (Å²) >= 11 is 0. The lowest BCUT2D eigenvalue weighted by Crippen LogP contribution is -2.21. The van der Waals surface area contributed by atoms with Crippen LogP contribution in [0.4, 0.5) is 13.2 Å². The van der Waals surface area contributed by atoms with Crippen molar-refractivity contribution in [3.05, 3.63) is 12.3 Å². The highest BCUT2D eigenvalue weighted by Crippen LogP contribution is 2.15. The van der Waals surface area contributed by atoms with Crippen molar-refractivity contribution >= 4 is 5.97 Å². The second-order valence-electron chi connectivity index (χ2n) is 2.05. The van der Waals surface area contributed by atoms with Gasteiger partial charge in [0.2, 0.25) is 0 Å². The second-order valence-corrected chi connectivity index (χ2v) is 2.05. The average Bonchev–Trinajstić information content (AvgIpc) is 1.99. The van der Waals surface area contributed by atoms with E-state index in [4.69, 9.17) is 0 Å². The predicted octanol–water partition coefficient (Wildman–Crippen LogP) is 1.64. The Bertz CT molecular complexity index is 198. The Morgan fingerprint density at radius 3 is 2.31 bits per heavy atom. The van der Waals surface area contributed by atoms with Gasteiger partial charge in [0.15, 0.2) is 12.4 Å². The molecule has 0 saturated heterocycles. The summed E-state index contributed by atoms with van der Waals surface area (Å²) in [6, 6.07) is 0. The third-order valence-corrected chi connectivity index (χ3v) is 0.913. The van der Waals surface area contributed by atoms with E-state index in [0.717, 1.165) is 0 Å². The molecule has 13 heavy (non-hydrogen) atoms. The Morgan fingerprint density at radius 2 is 1.92 bits per heavy atom. The summed E-state index contributed by atoms with van der Waals surface area (Å²) in [6.07, 6.45) is -4.53. The highest BCUT2D eigenvalue weighted by atomic mass is 19.4. The van der Waals surface area contributed by atoms with Crippen LogP contribution in [0.1, 0.15) is 6.92 Å². The van der Waals surface area contributed by atoms with Crippen LogP contribution in [-0.4, -0.2) is 25.4 Å². The standard InChI is InChI=1S/C7H9F3O3/c1-3-12-5(2)6(11)13-4-7(8,9)10/h2-4H2,1H3. The van der Waals surface area contributed by atoms with E-state index in [9.17, 15) is 18.0 Å². The Balaban J connectivity index is 3.82. The Morgan fingerprint density at radius 1 is 1.38 bits per heavy atom. The lowest BCUT2D eigenvalue weighted by atomic mass is 10.5. The Hall–Kier alpha value is -1.20. The van der Waals surface area contributed by atoms with Gasteiger partial charge < -0.3 is 9.47 Å². The van der Waals surface area contributed by atoms with E-state index in [1.165, 1.54) is 0 Å². The molecule has 76 valence electrons. The maximum absolute atomic E-state index is 11.5. The van der Waals surface area contributed by atoms with E-state index >= 15 is 0 Å². The van der Waals surface area contributed by atoms with Gasteiger partial charge in [0.05, 0.1) is 6.61 Å². The summed E-state index contributed by atoms with van der Waals surface area (Å²) in [5.41, 5.74) is 0. The van der Waals surface area contributed by atoms with Gasteiger partial charge in [-0.3, -0.25) is 0 Å². The summed E-state index contributed by atoms with van der Waals surface area (Å²) in [6.45, 7) is 3.18. The molecule has 0 aromatic heterocycles. The number of hydrogen-bond acceptors (Lipinski definition) is 3. The van der Waals surface area contributed by atoms with E-state index in [1.807, 2.05) is 0 Å². The van der Waals surface area contributed by atoms with Crippen molar-refractivity contribution in [1.29, 1.82) is 0 Å². The maximum Gasteiger partial charge on any atom is 0.422 e. The van der Waals surface area contributed by atoms with E-state index < -0.39 is 24.5 Å². The third-order valence-electron chi connectivity index (χ3n) is 0.913. The molecule has 0 aromatic rings. The number of rotatable bonds is 4. The van der Waals surface area contributed by atoms with Gasteiger partial charge in [-0.05, 0) is 13.5 Å². The van der Waals surface area contributed by atoms with Gasteiger partial charge in [-0.25, -0.2) is 4.79 Å². The number of halogens is 3. The summed E-state index contributed by atoms with van der Waals surface area (Å²) < 4.78 is 42.9. The lowest BCUT2D eigenvalue weighted by molar-refractivity contribution is -0.185. The van der Waals surface area contributed by atoms with Crippen molar-refractivity contribution in [3.63, 3.8) is 0 Å². The largest absolute Gasteiger partial charge is 0.487 e. The van der Waals surface area contributed by atoms with E-state index in [1.54, 1.807) is 6.92 Å². The fraction of sp³-hybridized carbons (Fsp3) is 0.571. The Labute approximate surface area is 73.1 Å². The van der Waals surface area contributed by atoms with Crippen molar-refractivity contribution < 1.29 is 27.4 Å². The number of alkyl halides is 3. The molecule has 0 unspecified atom stereocenters. The molecule has 0 heterocycles. The van der Waals surface area contributed by atoms with Gasteiger partial charge in [0, 0.05) is 0 Å². The first kappa shape index (κ1) is 11.8. The predicted molar refractivity (Wildman–Crippen MR) is 37.8 cm³/mol. The van der Waals surface area contributed by atoms with Crippen LogP contribution in [0.25, 0.3) is 0 Å². The molecule has 0 saturated carbocycles. The molecule has 0 aliphatic heterocycles. The van der Waals surface area contributed by atoms with Gasteiger partial charge in [0.25, 0.3) is 0 Å². The lowest BCUT2D eigenvalue weighted by Gasteiger charge is -2.09. The van der Waals surface area contributed by atoms with Crippen molar-refractivity contribution in [3.8, 4) is 0 Å². The highest BCUT2D eigenvalue weighted by Gasteiger charge is 2.30. The van der Waals surface area contributed by atoms with Crippen LogP contribution in [0, 0.1) is 0 Å². The number of ether oxygens (including phenoxy) is 2. The molecule has 0 fully saturated rings. The zero-order valence-electron chi connectivity index (χ0n) is 6.98. The maximum atomic E-state index is 11.5. The molecule has 0 N–H and O–H groups in total. The minimum atomic E-state index is -4.53. The molecular weight excluding hydrogens is 189 g/mol. The summed E-state index contributed by atoms with van der Waals surface area (Å²) in [5, 5.41) is 0. The molecule has 3 nitrogen and oxygen atoms in total. The topological polar surface area (TPSA) is 35.5 Å². The molecule has 0 amide bonds. The molecule has 0 aliphatic carbocycles. The zero-order chi connectivity index (χ0) is 10.5. The van der Waals surface area contributed by atoms with Crippen molar-refractivity contribution in [1.82, 2.24) is 0 Å². The molecule has 6 heteroatoms. The molecule has 0 spiro atoms.